The number of carbonyl (C=O) groups excluding carboxylic acids is 3. The Bertz CT molecular complexity index is 1400. The second-order valence-corrected chi connectivity index (χ2v) is 9.80. The van der Waals surface area contributed by atoms with Gasteiger partial charge in [-0.1, -0.05) is 42.8 Å². The second kappa shape index (κ2) is 14.5. The molecule has 0 saturated carbocycles. The number of nitrogens with one attached hydrogen (secondary N) is 3. The molecule has 11 heteroatoms. The Labute approximate surface area is 245 Å². The number of para-hydroxylation sites is 1. The summed E-state index contributed by atoms with van der Waals surface area (Å²) in [5, 5.41) is 9.79. The van der Waals surface area contributed by atoms with E-state index in [0.29, 0.717) is 50.1 Å². The van der Waals surface area contributed by atoms with E-state index in [1.54, 1.807) is 36.4 Å². The van der Waals surface area contributed by atoms with Crippen LogP contribution >= 0.6 is 34.2 Å². The summed E-state index contributed by atoms with van der Waals surface area (Å²) in [7, 11) is 0. The number of rotatable bonds is 10. The average molecular weight is 663 g/mol. The van der Waals surface area contributed by atoms with Crippen molar-refractivity contribution in [3.05, 3.63) is 79.9 Å². The third kappa shape index (κ3) is 8.69. The Morgan fingerprint density at radius 1 is 1.00 bits per heavy atom. The highest BCUT2D eigenvalue weighted by Crippen LogP contribution is 2.34. The summed E-state index contributed by atoms with van der Waals surface area (Å²) in [6.45, 7) is 5.76. The summed E-state index contributed by atoms with van der Waals surface area (Å²) in [6.07, 6.45) is 2.09. The predicted molar refractivity (Wildman–Crippen MR) is 161 cm³/mol. The highest BCUT2D eigenvalue weighted by molar-refractivity contribution is 14.1. The molecule has 39 heavy (non-hydrogen) atoms. The Kier molecular flexibility index (Phi) is 11.1. The zero-order chi connectivity index (χ0) is 28.4. The van der Waals surface area contributed by atoms with Crippen LogP contribution in [0.2, 0.25) is 5.02 Å². The largest absolute Gasteiger partial charge is 0.490 e. The van der Waals surface area contributed by atoms with Crippen LogP contribution in [0.1, 0.15) is 30.5 Å². The van der Waals surface area contributed by atoms with Gasteiger partial charge < -0.3 is 20.1 Å². The number of anilines is 2. The molecule has 0 aliphatic carbocycles. The van der Waals surface area contributed by atoms with Crippen LogP contribution in [0, 0.1) is 10.5 Å². The molecule has 0 aliphatic heterocycles. The Morgan fingerprint density at radius 3 is 2.49 bits per heavy atom. The van der Waals surface area contributed by atoms with Crippen LogP contribution < -0.4 is 25.5 Å². The molecule has 204 valence electrons. The summed E-state index contributed by atoms with van der Waals surface area (Å²) < 4.78 is 12.1. The van der Waals surface area contributed by atoms with E-state index in [2.05, 4.69) is 43.8 Å². The molecular formula is C28H28ClIN4O5. The van der Waals surface area contributed by atoms with E-state index in [-0.39, 0.29) is 12.5 Å². The molecule has 3 rings (SSSR count). The van der Waals surface area contributed by atoms with E-state index in [4.69, 9.17) is 21.1 Å². The fourth-order valence-electron chi connectivity index (χ4n) is 3.42. The number of benzene rings is 3. The minimum Gasteiger partial charge on any atom is -0.490 e. The average Bonchev–Trinajstić information content (AvgIpc) is 2.90. The van der Waals surface area contributed by atoms with Crippen molar-refractivity contribution < 1.29 is 23.9 Å². The van der Waals surface area contributed by atoms with Gasteiger partial charge in [-0.3, -0.25) is 14.4 Å². The number of amides is 3. The number of hydrazone groups is 1. The van der Waals surface area contributed by atoms with Crippen LogP contribution in [0.15, 0.2) is 59.7 Å². The molecule has 3 amide bonds. The maximum absolute atomic E-state index is 12.4. The van der Waals surface area contributed by atoms with Gasteiger partial charge in [-0.05, 0) is 89.9 Å². The standard InChI is InChI=1S/C28H28ClIN4O5/c1-4-19-8-6-7-9-23(19)33-27(36)28(37)34-31-15-18-12-22(30)26(24(13-18)38-5-2)39-16-25(35)32-20-11-10-17(3)21(29)14-20/h6-15H,4-5,16H2,1-3H3,(H,32,35)(H,33,36)(H,34,37)/b31-15-. The molecule has 0 spiro atoms. The lowest BCUT2D eigenvalue weighted by Crippen LogP contribution is -2.32. The van der Waals surface area contributed by atoms with Gasteiger partial charge in [-0.25, -0.2) is 5.43 Å². The van der Waals surface area contributed by atoms with E-state index in [1.165, 1.54) is 6.21 Å². The quantitative estimate of drug-likeness (QED) is 0.118. The fourth-order valence-corrected chi connectivity index (χ4v) is 4.38. The molecule has 3 aromatic carbocycles. The van der Waals surface area contributed by atoms with Crippen LogP contribution in [0.4, 0.5) is 11.4 Å². The second-order valence-electron chi connectivity index (χ2n) is 8.23. The maximum Gasteiger partial charge on any atom is 0.329 e. The number of aryl methyl sites for hydroxylation is 2. The highest BCUT2D eigenvalue weighted by Gasteiger charge is 2.16. The first-order chi connectivity index (χ1) is 18.7. The topological polar surface area (TPSA) is 118 Å². The minimum absolute atomic E-state index is 0.249. The number of halogens is 2. The summed E-state index contributed by atoms with van der Waals surface area (Å²) in [5.74, 6) is -1.30. The molecular weight excluding hydrogens is 635 g/mol. The molecule has 0 fully saturated rings. The normalized spacial score (nSPS) is 10.7. The predicted octanol–water partition coefficient (Wildman–Crippen LogP) is 5.32. The number of ether oxygens (including phenoxy) is 2. The monoisotopic (exact) mass is 662 g/mol. The van der Waals surface area contributed by atoms with Gasteiger partial charge in [0.2, 0.25) is 0 Å². The van der Waals surface area contributed by atoms with Crippen molar-refractivity contribution in [3.8, 4) is 11.5 Å². The molecule has 0 atom stereocenters. The van der Waals surface area contributed by atoms with Crippen molar-refractivity contribution >= 4 is 69.5 Å². The zero-order valence-corrected chi connectivity index (χ0v) is 24.6. The van der Waals surface area contributed by atoms with Crippen molar-refractivity contribution in [3.63, 3.8) is 0 Å². The SMILES string of the molecule is CCOc1cc(/C=N\NC(=O)C(=O)Nc2ccccc2CC)cc(I)c1OCC(=O)Nc1ccc(C)c(Cl)c1. The molecule has 0 radical (unpaired) electrons. The van der Waals surface area contributed by atoms with Crippen LogP contribution in [0.5, 0.6) is 11.5 Å². The Balaban J connectivity index is 1.62. The molecule has 0 bridgehead atoms. The third-order valence-corrected chi connectivity index (χ3v) is 6.58. The molecule has 0 unspecified atom stereocenters. The van der Waals surface area contributed by atoms with E-state index >= 15 is 0 Å². The van der Waals surface area contributed by atoms with Crippen molar-refractivity contribution in [2.75, 3.05) is 23.8 Å². The van der Waals surface area contributed by atoms with E-state index in [1.807, 2.05) is 39.0 Å². The molecule has 0 aromatic heterocycles. The van der Waals surface area contributed by atoms with Gasteiger partial charge in [0.15, 0.2) is 18.1 Å². The Morgan fingerprint density at radius 2 is 1.77 bits per heavy atom. The molecule has 0 aliphatic rings. The summed E-state index contributed by atoms with van der Waals surface area (Å²) in [4.78, 5) is 36.9. The van der Waals surface area contributed by atoms with Gasteiger partial charge in [0.25, 0.3) is 5.91 Å². The lowest BCUT2D eigenvalue weighted by Gasteiger charge is -2.15. The van der Waals surface area contributed by atoms with Gasteiger partial charge in [0.1, 0.15) is 0 Å². The lowest BCUT2D eigenvalue weighted by atomic mass is 10.1. The Hall–Kier alpha value is -3.64. The van der Waals surface area contributed by atoms with Gasteiger partial charge in [-0.2, -0.15) is 5.10 Å². The van der Waals surface area contributed by atoms with Crippen molar-refractivity contribution in [1.82, 2.24) is 5.43 Å². The number of carbonyl (C=O) groups is 3. The van der Waals surface area contributed by atoms with Crippen LogP contribution in [-0.4, -0.2) is 37.1 Å². The van der Waals surface area contributed by atoms with Crippen LogP contribution in [-0.2, 0) is 20.8 Å². The smallest absolute Gasteiger partial charge is 0.329 e. The van der Waals surface area contributed by atoms with Crippen molar-refractivity contribution in [1.29, 1.82) is 0 Å². The lowest BCUT2D eigenvalue weighted by molar-refractivity contribution is -0.136. The van der Waals surface area contributed by atoms with E-state index in [9.17, 15) is 14.4 Å². The molecule has 9 nitrogen and oxygen atoms in total. The van der Waals surface area contributed by atoms with Gasteiger partial charge >= 0.3 is 11.8 Å². The van der Waals surface area contributed by atoms with Crippen LogP contribution in [0.3, 0.4) is 0 Å². The van der Waals surface area contributed by atoms with Gasteiger partial charge in [0.05, 0.1) is 16.4 Å². The van der Waals surface area contributed by atoms with Gasteiger partial charge in [0, 0.05) is 16.4 Å². The first-order valence-electron chi connectivity index (χ1n) is 12.1. The van der Waals surface area contributed by atoms with E-state index in [0.717, 1.165) is 11.1 Å². The number of hydrogen-bond donors (Lipinski definition) is 3. The number of nitrogens with zero attached hydrogens (tertiary/aromatic N) is 1. The third-order valence-electron chi connectivity index (χ3n) is 5.37. The minimum atomic E-state index is -0.905. The van der Waals surface area contributed by atoms with Crippen molar-refractivity contribution in [2.24, 2.45) is 5.10 Å². The summed E-state index contributed by atoms with van der Waals surface area (Å²) in [5.41, 5.74) is 5.78. The highest BCUT2D eigenvalue weighted by atomic mass is 127. The van der Waals surface area contributed by atoms with Gasteiger partial charge in [-0.15, -0.1) is 0 Å². The first kappa shape index (κ1) is 29.9. The molecule has 3 N–H and O–H groups in total. The van der Waals surface area contributed by atoms with Crippen molar-refractivity contribution in [2.45, 2.75) is 27.2 Å². The molecule has 3 aromatic rings. The molecule has 0 heterocycles. The summed E-state index contributed by atoms with van der Waals surface area (Å²) in [6, 6.07) is 15.9. The number of hydrogen-bond acceptors (Lipinski definition) is 6. The van der Waals surface area contributed by atoms with Crippen LogP contribution in [0.25, 0.3) is 0 Å². The first-order valence-corrected chi connectivity index (χ1v) is 13.5. The van der Waals surface area contributed by atoms with E-state index < -0.39 is 11.8 Å². The fraction of sp³-hybridized carbons (Fsp3) is 0.214. The molecule has 0 saturated heterocycles. The maximum atomic E-state index is 12.4. The zero-order valence-electron chi connectivity index (χ0n) is 21.6. The summed E-state index contributed by atoms with van der Waals surface area (Å²) >= 11 is 8.18.